The van der Waals surface area contributed by atoms with Crippen molar-refractivity contribution < 1.29 is 0 Å². The maximum atomic E-state index is 6.36. The summed E-state index contributed by atoms with van der Waals surface area (Å²) in [4.78, 5) is 1.28. The highest BCUT2D eigenvalue weighted by atomic mass is 35.5. The number of nitrogens with one attached hydrogen (secondary N) is 1. The molecule has 5 nitrogen and oxygen atoms in total. The molecule has 21 heavy (non-hydrogen) atoms. The minimum Gasteiger partial charge on any atom is -0.345 e. The van der Waals surface area contributed by atoms with Crippen LogP contribution in [-0.2, 0) is 0 Å². The van der Waals surface area contributed by atoms with Crippen molar-refractivity contribution in [3.63, 3.8) is 0 Å². The van der Waals surface area contributed by atoms with Crippen molar-refractivity contribution in [3.8, 4) is 0 Å². The smallest absolute Gasteiger partial charge is 0.244 e. The first-order valence-corrected chi connectivity index (χ1v) is 7.91. The van der Waals surface area contributed by atoms with Gasteiger partial charge in [0.2, 0.25) is 5.95 Å². The van der Waals surface area contributed by atoms with Gasteiger partial charge in [-0.2, -0.15) is 0 Å². The molecule has 106 valence electrons. The zero-order valence-corrected chi connectivity index (χ0v) is 12.6. The molecule has 1 aliphatic rings. The lowest BCUT2D eigenvalue weighted by molar-refractivity contribution is 0.426. The Kier molecular flexibility index (Phi) is 3.12. The maximum absolute atomic E-state index is 6.36. The third kappa shape index (κ3) is 2.20. The highest BCUT2D eigenvalue weighted by Crippen LogP contribution is 2.40. The summed E-state index contributed by atoms with van der Waals surface area (Å²) in [6.07, 6.45) is 0.863. The van der Waals surface area contributed by atoms with E-state index in [9.17, 15) is 0 Å². The fourth-order valence-corrected chi connectivity index (χ4v) is 3.77. The second-order valence-corrected chi connectivity index (χ2v) is 6.32. The number of nitrogens with zero attached hydrogens (tertiary/aromatic N) is 4. The van der Waals surface area contributed by atoms with Crippen molar-refractivity contribution in [3.05, 3.63) is 57.2 Å². The number of hydrogen-bond acceptors (Lipinski definition) is 5. The van der Waals surface area contributed by atoms with Crippen LogP contribution in [0.5, 0.6) is 0 Å². The number of fused-ring (bicyclic) bond motifs is 1. The van der Waals surface area contributed by atoms with Gasteiger partial charge in [-0.25, -0.2) is 4.68 Å². The average molecular weight is 318 g/mol. The lowest BCUT2D eigenvalue weighted by atomic mass is 9.97. The monoisotopic (exact) mass is 317 g/mol. The van der Waals surface area contributed by atoms with Crippen molar-refractivity contribution in [2.45, 2.75) is 18.5 Å². The molecule has 4 rings (SSSR count). The van der Waals surface area contributed by atoms with Crippen LogP contribution in [0.15, 0.2) is 41.8 Å². The Morgan fingerprint density at radius 1 is 1.24 bits per heavy atom. The van der Waals surface area contributed by atoms with Gasteiger partial charge in [-0.05, 0) is 39.9 Å². The van der Waals surface area contributed by atoms with E-state index in [4.69, 9.17) is 11.6 Å². The molecule has 7 heteroatoms. The van der Waals surface area contributed by atoms with Crippen LogP contribution in [0.3, 0.4) is 0 Å². The fourth-order valence-electron chi connectivity index (χ4n) is 2.72. The van der Waals surface area contributed by atoms with Crippen molar-refractivity contribution in [1.82, 2.24) is 20.2 Å². The van der Waals surface area contributed by atoms with E-state index in [0.717, 1.165) is 17.0 Å². The number of aromatic nitrogens is 4. The predicted molar refractivity (Wildman–Crippen MR) is 82.7 cm³/mol. The number of thiophene rings is 1. The first-order valence-electron chi connectivity index (χ1n) is 6.65. The molecule has 0 radical (unpaired) electrons. The quantitative estimate of drug-likeness (QED) is 0.785. The van der Waals surface area contributed by atoms with Gasteiger partial charge in [0.1, 0.15) is 0 Å². The Labute approximate surface area is 130 Å². The summed E-state index contributed by atoms with van der Waals surface area (Å²) in [6.45, 7) is 0. The molecule has 2 aromatic heterocycles. The first-order chi connectivity index (χ1) is 10.3. The molecule has 1 N–H and O–H groups in total. The molecule has 0 fully saturated rings. The summed E-state index contributed by atoms with van der Waals surface area (Å²) >= 11 is 8.10. The van der Waals surface area contributed by atoms with Gasteiger partial charge in [-0.1, -0.05) is 41.0 Å². The van der Waals surface area contributed by atoms with E-state index < -0.39 is 0 Å². The van der Waals surface area contributed by atoms with Crippen LogP contribution in [0.2, 0.25) is 5.02 Å². The highest BCUT2D eigenvalue weighted by Gasteiger charge is 2.31. The fraction of sp³-hybridized carbons (Fsp3) is 0.214. The van der Waals surface area contributed by atoms with E-state index in [-0.39, 0.29) is 12.1 Å². The van der Waals surface area contributed by atoms with E-state index in [0.29, 0.717) is 5.95 Å². The number of tetrazole rings is 1. The van der Waals surface area contributed by atoms with Gasteiger partial charge in [-0.3, -0.25) is 0 Å². The summed E-state index contributed by atoms with van der Waals surface area (Å²) < 4.78 is 1.81. The zero-order chi connectivity index (χ0) is 14.2. The molecule has 0 spiro atoms. The largest absolute Gasteiger partial charge is 0.345 e. The van der Waals surface area contributed by atoms with E-state index >= 15 is 0 Å². The Hall–Kier alpha value is -1.92. The first kappa shape index (κ1) is 12.8. The topological polar surface area (TPSA) is 55.6 Å². The maximum Gasteiger partial charge on any atom is 0.244 e. The summed E-state index contributed by atoms with van der Waals surface area (Å²) in [5, 5.41) is 18.2. The number of hydrogen-bond donors (Lipinski definition) is 1. The van der Waals surface area contributed by atoms with E-state index in [1.165, 1.54) is 4.88 Å². The number of benzene rings is 1. The Balaban J connectivity index is 1.78. The second-order valence-electron chi connectivity index (χ2n) is 4.93. The molecular weight excluding hydrogens is 306 g/mol. The molecular formula is C14H12ClN5S. The zero-order valence-electron chi connectivity index (χ0n) is 11.0. The van der Waals surface area contributed by atoms with E-state index in [2.05, 4.69) is 38.4 Å². The van der Waals surface area contributed by atoms with Crippen LogP contribution < -0.4 is 5.32 Å². The summed E-state index contributed by atoms with van der Waals surface area (Å²) in [5.74, 6) is 0.685. The van der Waals surface area contributed by atoms with Gasteiger partial charge in [0.15, 0.2) is 0 Å². The van der Waals surface area contributed by atoms with Crippen LogP contribution in [0.1, 0.15) is 28.9 Å². The molecule has 0 bridgehead atoms. The lowest BCUT2D eigenvalue weighted by Crippen LogP contribution is -2.27. The minimum atomic E-state index is 0.0389. The predicted octanol–water partition coefficient (Wildman–Crippen LogP) is 3.53. The minimum absolute atomic E-state index is 0.0389. The molecule has 2 atom stereocenters. The summed E-state index contributed by atoms with van der Waals surface area (Å²) in [6, 6.07) is 12.3. The molecule has 0 saturated heterocycles. The molecule has 0 aliphatic carbocycles. The Bertz CT molecular complexity index is 754. The van der Waals surface area contributed by atoms with E-state index in [1.54, 1.807) is 11.3 Å². The second kappa shape index (κ2) is 5.13. The molecule has 1 aromatic carbocycles. The van der Waals surface area contributed by atoms with Gasteiger partial charge in [0, 0.05) is 9.90 Å². The average Bonchev–Trinajstić information content (AvgIpc) is 3.18. The Morgan fingerprint density at radius 3 is 2.95 bits per heavy atom. The van der Waals surface area contributed by atoms with Gasteiger partial charge in [-0.15, -0.1) is 11.3 Å². The van der Waals surface area contributed by atoms with Crippen LogP contribution >= 0.6 is 22.9 Å². The summed E-state index contributed by atoms with van der Waals surface area (Å²) in [5.41, 5.74) is 1.05. The molecule has 3 heterocycles. The number of anilines is 1. The molecule has 3 aromatic rings. The van der Waals surface area contributed by atoms with Gasteiger partial charge in [0.25, 0.3) is 0 Å². The number of halogens is 1. The van der Waals surface area contributed by atoms with Gasteiger partial charge >= 0.3 is 0 Å². The van der Waals surface area contributed by atoms with E-state index in [1.807, 2.05) is 28.9 Å². The highest BCUT2D eigenvalue weighted by molar-refractivity contribution is 7.10. The van der Waals surface area contributed by atoms with Crippen molar-refractivity contribution in [2.24, 2.45) is 0 Å². The van der Waals surface area contributed by atoms with Gasteiger partial charge in [0.05, 0.1) is 12.1 Å². The standard InChI is InChI=1S/C14H12ClN5S/c15-10-5-2-1-4-9(10)12-8-11(13-6-3-7-21-13)16-14-17-18-19-20(12)14/h1-7,11-12H,8H2,(H,16,17,19)/t11-,12+/m1/s1. The SMILES string of the molecule is Clc1ccccc1[C@@H]1C[C@H](c2cccs2)Nc2nnnn21. The normalized spacial score (nSPS) is 20.8. The van der Waals surface area contributed by atoms with Crippen molar-refractivity contribution in [2.75, 3.05) is 5.32 Å². The van der Waals surface area contributed by atoms with Crippen LogP contribution in [0.25, 0.3) is 0 Å². The Morgan fingerprint density at radius 2 is 2.14 bits per heavy atom. The van der Waals surface area contributed by atoms with Gasteiger partial charge < -0.3 is 5.32 Å². The summed E-state index contributed by atoms with van der Waals surface area (Å²) in [7, 11) is 0. The van der Waals surface area contributed by atoms with Crippen molar-refractivity contribution >= 4 is 28.9 Å². The molecule has 0 unspecified atom stereocenters. The third-order valence-electron chi connectivity index (χ3n) is 3.70. The van der Waals surface area contributed by atoms with Crippen LogP contribution in [0, 0.1) is 0 Å². The number of rotatable bonds is 2. The third-order valence-corrected chi connectivity index (χ3v) is 5.03. The van der Waals surface area contributed by atoms with Crippen LogP contribution in [0.4, 0.5) is 5.95 Å². The molecule has 1 aliphatic heterocycles. The van der Waals surface area contributed by atoms with Crippen LogP contribution in [-0.4, -0.2) is 20.2 Å². The lowest BCUT2D eigenvalue weighted by Gasteiger charge is -2.30. The molecule has 0 amide bonds. The van der Waals surface area contributed by atoms with Crippen molar-refractivity contribution in [1.29, 1.82) is 0 Å². The molecule has 0 saturated carbocycles.